The Balaban J connectivity index is 1.34. The number of carbonyl (C=O) groups is 1. The number of fused-ring (bicyclic) bond motifs is 2. The third-order valence-electron chi connectivity index (χ3n) is 4.96. The van der Waals surface area contributed by atoms with E-state index in [0.29, 0.717) is 29.2 Å². The summed E-state index contributed by atoms with van der Waals surface area (Å²) in [5, 5.41) is 0. The van der Waals surface area contributed by atoms with Crippen LogP contribution in [0.3, 0.4) is 0 Å². The highest BCUT2D eigenvalue weighted by Gasteiger charge is 2.28. The maximum absolute atomic E-state index is 13.8. The van der Waals surface area contributed by atoms with E-state index >= 15 is 0 Å². The fourth-order valence-corrected chi connectivity index (χ4v) is 3.42. The number of halogens is 1. The molecule has 148 valence electrons. The lowest BCUT2D eigenvalue weighted by molar-refractivity contribution is 0.101. The van der Waals surface area contributed by atoms with Crippen molar-refractivity contribution in [3.63, 3.8) is 0 Å². The fourth-order valence-electron chi connectivity index (χ4n) is 3.42. The molecule has 2 aliphatic rings. The number of ether oxygens (including phenoxy) is 3. The minimum absolute atomic E-state index is 0.0890. The number of ketones is 1. The van der Waals surface area contributed by atoms with Crippen molar-refractivity contribution in [3.8, 4) is 17.2 Å². The molecule has 0 radical (unpaired) electrons. The summed E-state index contributed by atoms with van der Waals surface area (Å²) in [5.41, 5.74) is 2.74. The Hall–Kier alpha value is -3.86. The summed E-state index contributed by atoms with van der Waals surface area (Å²) in [6, 6.07) is 19.2. The van der Waals surface area contributed by atoms with E-state index in [1.165, 1.54) is 6.07 Å². The molecule has 2 heterocycles. The van der Waals surface area contributed by atoms with Crippen LogP contribution in [0.1, 0.15) is 21.5 Å². The minimum Gasteiger partial charge on any atom is -0.489 e. The molecule has 0 saturated heterocycles. The molecule has 0 aromatic heterocycles. The van der Waals surface area contributed by atoms with Crippen LogP contribution in [0, 0.1) is 5.82 Å². The topological polar surface area (TPSA) is 44.8 Å². The van der Waals surface area contributed by atoms with Crippen molar-refractivity contribution >= 4 is 11.9 Å². The molecule has 3 aromatic rings. The number of rotatable bonds is 4. The maximum Gasteiger partial charge on any atom is 0.231 e. The second-order valence-electron chi connectivity index (χ2n) is 7.02. The van der Waals surface area contributed by atoms with Gasteiger partial charge in [-0.3, -0.25) is 4.79 Å². The molecule has 0 fully saturated rings. The summed E-state index contributed by atoms with van der Waals surface area (Å²) in [6.07, 6.45) is 3.69. The highest BCUT2D eigenvalue weighted by atomic mass is 19.1. The molecule has 2 aliphatic heterocycles. The smallest absolute Gasteiger partial charge is 0.231 e. The maximum atomic E-state index is 13.8. The van der Waals surface area contributed by atoms with Crippen LogP contribution in [0.4, 0.5) is 4.39 Å². The average molecular weight is 400 g/mol. The molecule has 0 amide bonds. The summed E-state index contributed by atoms with van der Waals surface area (Å²) in [7, 11) is 0. The quantitative estimate of drug-likeness (QED) is 0.555. The van der Waals surface area contributed by atoms with Gasteiger partial charge in [0.1, 0.15) is 36.3 Å². The molecule has 0 saturated carbocycles. The molecule has 5 heteroatoms. The first-order valence-corrected chi connectivity index (χ1v) is 9.54. The van der Waals surface area contributed by atoms with Gasteiger partial charge >= 0.3 is 0 Å². The minimum atomic E-state index is -0.320. The molecule has 3 aromatic carbocycles. The molecule has 0 bridgehead atoms. The predicted octanol–water partition coefficient (Wildman–Crippen LogP) is 5.34. The van der Waals surface area contributed by atoms with E-state index in [1.807, 2.05) is 30.3 Å². The van der Waals surface area contributed by atoms with E-state index < -0.39 is 0 Å². The van der Waals surface area contributed by atoms with Crippen molar-refractivity contribution in [3.05, 3.63) is 107 Å². The molecule has 0 unspecified atom stereocenters. The second kappa shape index (κ2) is 7.52. The number of allylic oxidation sites excluding steroid dienone is 1. The van der Waals surface area contributed by atoms with Crippen LogP contribution >= 0.6 is 0 Å². The van der Waals surface area contributed by atoms with Gasteiger partial charge in [0.2, 0.25) is 5.78 Å². The number of hydrogen-bond donors (Lipinski definition) is 0. The molecular formula is C25H17FO4. The molecule has 0 atom stereocenters. The van der Waals surface area contributed by atoms with E-state index in [1.54, 1.807) is 42.5 Å². The number of para-hydroxylation sites is 1. The van der Waals surface area contributed by atoms with Crippen molar-refractivity contribution < 1.29 is 23.4 Å². The highest BCUT2D eigenvalue weighted by molar-refractivity contribution is 6.12. The monoisotopic (exact) mass is 400 g/mol. The van der Waals surface area contributed by atoms with Gasteiger partial charge in [0, 0.05) is 17.2 Å². The van der Waals surface area contributed by atoms with E-state index in [4.69, 9.17) is 14.2 Å². The Morgan fingerprint density at radius 2 is 1.83 bits per heavy atom. The van der Waals surface area contributed by atoms with Crippen LogP contribution in [0.15, 0.2) is 84.1 Å². The number of carbonyl (C=O) groups excluding carboxylic acids is 1. The highest BCUT2D eigenvalue weighted by Crippen LogP contribution is 2.35. The lowest BCUT2D eigenvalue weighted by atomic mass is 10.1. The van der Waals surface area contributed by atoms with Crippen LogP contribution in [-0.2, 0) is 6.61 Å². The normalized spacial score (nSPS) is 15.7. The van der Waals surface area contributed by atoms with Crippen molar-refractivity contribution in [1.29, 1.82) is 0 Å². The second-order valence-corrected chi connectivity index (χ2v) is 7.02. The zero-order chi connectivity index (χ0) is 20.5. The van der Waals surface area contributed by atoms with Crippen LogP contribution < -0.4 is 14.2 Å². The Bertz CT molecular complexity index is 1210. The first-order valence-electron chi connectivity index (χ1n) is 9.54. The zero-order valence-electron chi connectivity index (χ0n) is 15.9. The Morgan fingerprint density at radius 1 is 1.00 bits per heavy atom. The summed E-state index contributed by atoms with van der Waals surface area (Å²) >= 11 is 0. The van der Waals surface area contributed by atoms with Crippen molar-refractivity contribution in [1.82, 2.24) is 0 Å². The first kappa shape index (κ1) is 18.2. The summed E-state index contributed by atoms with van der Waals surface area (Å²) in [5.74, 6) is 1.48. The molecule has 0 aliphatic carbocycles. The van der Waals surface area contributed by atoms with Crippen molar-refractivity contribution in [2.45, 2.75) is 6.61 Å². The lowest BCUT2D eigenvalue weighted by Gasteiger charge is -2.15. The average Bonchev–Trinajstić information content (AvgIpc) is 3.07. The molecular weight excluding hydrogens is 383 g/mol. The predicted molar refractivity (Wildman–Crippen MR) is 110 cm³/mol. The van der Waals surface area contributed by atoms with Gasteiger partial charge in [-0.25, -0.2) is 4.39 Å². The van der Waals surface area contributed by atoms with Gasteiger partial charge in [0.15, 0.2) is 5.76 Å². The standard InChI is InChI=1S/C25H17FO4/c26-21-7-3-1-6-18(21)15-28-19-9-10-20-23(13-19)30-24(25(20)27)12-16-11-17-5-2-4-8-22(17)29-14-16/h1-13H,14-15H2/b24-12+. The van der Waals surface area contributed by atoms with Gasteiger partial charge in [0.05, 0.1) is 5.56 Å². The van der Waals surface area contributed by atoms with Crippen LogP contribution in [0.2, 0.25) is 0 Å². The van der Waals surface area contributed by atoms with Crippen molar-refractivity contribution in [2.75, 3.05) is 6.61 Å². The third kappa shape index (κ3) is 3.46. The molecule has 5 rings (SSSR count). The van der Waals surface area contributed by atoms with E-state index in [2.05, 4.69) is 0 Å². The summed E-state index contributed by atoms with van der Waals surface area (Å²) < 4.78 is 31.0. The number of Topliss-reactive ketones (excluding diaryl/α,β-unsaturated/α-hetero) is 1. The largest absolute Gasteiger partial charge is 0.489 e. The van der Waals surface area contributed by atoms with E-state index in [9.17, 15) is 9.18 Å². The summed E-state index contributed by atoms with van der Waals surface area (Å²) in [6.45, 7) is 0.455. The van der Waals surface area contributed by atoms with Gasteiger partial charge in [-0.1, -0.05) is 36.4 Å². The fraction of sp³-hybridized carbons (Fsp3) is 0.0800. The molecule has 0 N–H and O–H groups in total. The third-order valence-corrected chi connectivity index (χ3v) is 4.96. The van der Waals surface area contributed by atoms with Crippen LogP contribution in [0.5, 0.6) is 17.2 Å². The van der Waals surface area contributed by atoms with Crippen LogP contribution in [0.25, 0.3) is 6.08 Å². The van der Waals surface area contributed by atoms with Gasteiger partial charge in [-0.2, -0.15) is 0 Å². The van der Waals surface area contributed by atoms with Gasteiger partial charge < -0.3 is 14.2 Å². The molecule has 30 heavy (non-hydrogen) atoms. The first-order chi connectivity index (χ1) is 14.7. The van der Waals surface area contributed by atoms with Crippen molar-refractivity contribution in [2.24, 2.45) is 0 Å². The Morgan fingerprint density at radius 3 is 2.73 bits per heavy atom. The van der Waals surface area contributed by atoms with E-state index in [0.717, 1.165) is 16.9 Å². The number of hydrogen-bond acceptors (Lipinski definition) is 4. The summed E-state index contributed by atoms with van der Waals surface area (Å²) in [4.78, 5) is 12.7. The van der Waals surface area contributed by atoms with Gasteiger partial charge in [0.25, 0.3) is 0 Å². The SMILES string of the molecule is O=C1/C(=C\C2=Cc3ccccc3OC2)Oc2cc(OCc3ccccc3F)ccc21. The lowest BCUT2D eigenvalue weighted by Crippen LogP contribution is -2.08. The van der Waals surface area contributed by atoms with Crippen LogP contribution in [-0.4, -0.2) is 12.4 Å². The Labute approximate surface area is 172 Å². The zero-order valence-corrected chi connectivity index (χ0v) is 15.9. The van der Waals surface area contributed by atoms with Gasteiger partial charge in [-0.15, -0.1) is 0 Å². The van der Waals surface area contributed by atoms with Gasteiger partial charge in [-0.05, 0) is 42.0 Å². The Kier molecular flexibility index (Phi) is 4.56. The number of benzene rings is 3. The van der Waals surface area contributed by atoms with E-state index in [-0.39, 0.29) is 24.0 Å². The molecule has 4 nitrogen and oxygen atoms in total. The molecule has 0 spiro atoms.